The molecule has 1 aliphatic rings. The van der Waals surface area contributed by atoms with Crippen molar-refractivity contribution in [1.29, 1.82) is 0 Å². The highest BCUT2D eigenvalue weighted by atomic mass is 16.3. The smallest absolute Gasteiger partial charge is 0.117 e. The first-order valence-corrected chi connectivity index (χ1v) is 5.62. The van der Waals surface area contributed by atoms with Gasteiger partial charge in [-0.2, -0.15) is 5.10 Å². The molecule has 0 atom stereocenters. The lowest BCUT2D eigenvalue weighted by Gasteiger charge is -2.05. The number of rotatable bonds is 1. The number of hydrogen-bond donors (Lipinski definition) is 1. The van der Waals surface area contributed by atoms with Crippen molar-refractivity contribution < 1.29 is 5.11 Å². The van der Waals surface area contributed by atoms with E-state index in [9.17, 15) is 5.11 Å². The maximum atomic E-state index is 9.49. The highest BCUT2D eigenvalue weighted by Gasteiger charge is 2.20. The molecule has 1 N–H and O–H groups in total. The van der Waals surface area contributed by atoms with Crippen molar-refractivity contribution in [2.45, 2.75) is 26.2 Å². The lowest BCUT2D eigenvalue weighted by atomic mass is 10.2. The fraction of sp³-hybridized carbons (Fsp3) is 0.308. The molecule has 0 amide bonds. The topological polar surface area (TPSA) is 38.0 Å². The molecule has 0 saturated heterocycles. The Morgan fingerprint density at radius 2 is 2.19 bits per heavy atom. The van der Waals surface area contributed by atoms with E-state index in [4.69, 9.17) is 0 Å². The van der Waals surface area contributed by atoms with Crippen LogP contribution >= 0.6 is 0 Å². The molecule has 1 aliphatic carbocycles. The van der Waals surface area contributed by atoms with Gasteiger partial charge in [-0.15, -0.1) is 0 Å². The summed E-state index contributed by atoms with van der Waals surface area (Å²) in [5.41, 5.74) is 4.77. The van der Waals surface area contributed by atoms with Crippen LogP contribution in [0, 0.1) is 6.92 Å². The highest BCUT2D eigenvalue weighted by Crippen LogP contribution is 2.27. The number of phenols is 1. The molecular weight excluding hydrogens is 200 g/mol. The number of aromatic hydroxyl groups is 1. The van der Waals surface area contributed by atoms with Crippen molar-refractivity contribution in [3.05, 3.63) is 41.2 Å². The molecular formula is C13H14N2O. The van der Waals surface area contributed by atoms with E-state index in [1.54, 1.807) is 12.1 Å². The van der Waals surface area contributed by atoms with E-state index in [-0.39, 0.29) is 5.75 Å². The fourth-order valence-corrected chi connectivity index (χ4v) is 2.46. The van der Waals surface area contributed by atoms with Gasteiger partial charge < -0.3 is 5.11 Å². The Hall–Kier alpha value is -1.77. The number of aromatic nitrogens is 2. The molecule has 3 rings (SSSR count). The minimum absolute atomic E-state index is 0.289. The maximum absolute atomic E-state index is 9.49. The Bertz CT molecular complexity index is 543. The Morgan fingerprint density at radius 1 is 1.31 bits per heavy atom. The zero-order chi connectivity index (χ0) is 11.1. The Balaban J connectivity index is 2.17. The van der Waals surface area contributed by atoms with E-state index in [0.29, 0.717) is 0 Å². The van der Waals surface area contributed by atoms with Gasteiger partial charge in [-0.1, -0.05) is 6.07 Å². The van der Waals surface area contributed by atoms with Crippen LogP contribution in [0.1, 0.15) is 23.4 Å². The molecule has 0 saturated carbocycles. The lowest BCUT2D eigenvalue weighted by molar-refractivity contribution is 0.474. The molecule has 3 nitrogen and oxygen atoms in total. The van der Waals surface area contributed by atoms with Crippen LogP contribution in [0.5, 0.6) is 5.75 Å². The average molecular weight is 214 g/mol. The number of phenolic OH excluding ortho intramolecular Hbond substituents is 1. The SMILES string of the molecule is Cc1nn(-c2cccc(O)c2)c2c1CCC2. The predicted molar refractivity (Wildman–Crippen MR) is 62.0 cm³/mol. The quantitative estimate of drug-likeness (QED) is 0.791. The third kappa shape index (κ3) is 1.32. The monoisotopic (exact) mass is 214 g/mol. The molecule has 0 radical (unpaired) electrons. The van der Waals surface area contributed by atoms with Crippen LogP contribution < -0.4 is 0 Å². The summed E-state index contributed by atoms with van der Waals surface area (Å²) in [5.74, 6) is 0.289. The largest absolute Gasteiger partial charge is 0.508 e. The van der Waals surface area contributed by atoms with Crippen LogP contribution in [0.25, 0.3) is 5.69 Å². The van der Waals surface area contributed by atoms with E-state index < -0.39 is 0 Å². The standard InChI is InChI=1S/C13H14N2O/c1-9-12-6-3-7-13(12)15(14-9)10-4-2-5-11(16)8-10/h2,4-5,8,16H,3,6-7H2,1H3. The summed E-state index contributed by atoms with van der Waals surface area (Å²) in [6.07, 6.45) is 3.44. The van der Waals surface area contributed by atoms with Gasteiger partial charge in [-0.25, -0.2) is 4.68 Å². The zero-order valence-electron chi connectivity index (χ0n) is 9.27. The summed E-state index contributed by atoms with van der Waals surface area (Å²) in [7, 11) is 0. The third-order valence-electron chi connectivity index (χ3n) is 3.21. The van der Waals surface area contributed by atoms with E-state index in [1.807, 2.05) is 16.8 Å². The van der Waals surface area contributed by atoms with Crippen LogP contribution in [0.2, 0.25) is 0 Å². The van der Waals surface area contributed by atoms with Crippen LogP contribution in [0.4, 0.5) is 0 Å². The number of benzene rings is 1. The normalized spacial score (nSPS) is 14.1. The summed E-state index contributed by atoms with van der Waals surface area (Å²) >= 11 is 0. The second-order valence-electron chi connectivity index (χ2n) is 4.30. The molecule has 1 aromatic carbocycles. The van der Waals surface area contributed by atoms with Crippen molar-refractivity contribution in [3.63, 3.8) is 0 Å². The number of fused-ring (bicyclic) bond motifs is 1. The van der Waals surface area contributed by atoms with Crippen molar-refractivity contribution in [2.75, 3.05) is 0 Å². The molecule has 0 unspecified atom stereocenters. The first kappa shape index (κ1) is 9.46. The van der Waals surface area contributed by atoms with Gasteiger partial charge in [-0.3, -0.25) is 0 Å². The molecule has 16 heavy (non-hydrogen) atoms. The summed E-state index contributed by atoms with van der Waals surface area (Å²) in [4.78, 5) is 0. The second-order valence-corrected chi connectivity index (χ2v) is 4.30. The van der Waals surface area contributed by atoms with Gasteiger partial charge >= 0.3 is 0 Å². The zero-order valence-corrected chi connectivity index (χ0v) is 9.27. The number of hydrogen-bond acceptors (Lipinski definition) is 2. The van der Waals surface area contributed by atoms with Crippen LogP contribution in [-0.2, 0) is 12.8 Å². The van der Waals surface area contributed by atoms with Crippen LogP contribution in [0.3, 0.4) is 0 Å². The second kappa shape index (κ2) is 3.37. The molecule has 0 bridgehead atoms. The van der Waals surface area contributed by atoms with Gasteiger partial charge in [-0.05, 0) is 43.9 Å². The fourth-order valence-electron chi connectivity index (χ4n) is 2.46. The number of nitrogens with zero attached hydrogens (tertiary/aromatic N) is 2. The molecule has 3 heteroatoms. The van der Waals surface area contributed by atoms with E-state index >= 15 is 0 Å². The maximum Gasteiger partial charge on any atom is 0.117 e. The molecule has 1 heterocycles. The highest BCUT2D eigenvalue weighted by molar-refractivity contribution is 5.42. The molecule has 1 aromatic heterocycles. The van der Waals surface area contributed by atoms with Crippen LogP contribution in [-0.4, -0.2) is 14.9 Å². The first-order valence-electron chi connectivity index (χ1n) is 5.62. The minimum Gasteiger partial charge on any atom is -0.508 e. The molecule has 2 aromatic rings. The Labute approximate surface area is 94.3 Å². The molecule has 82 valence electrons. The van der Waals surface area contributed by atoms with E-state index in [2.05, 4.69) is 12.0 Å². The Kier molecular flexibility index (Phi) is 1.99. The van der Waals surface area contributed by atoms with Gasteiger partial charge in [0.25, 0.3) is 0 Å². The van der Waals surface area contributed by atoms with Gasteiger partial charge in [0.05, 0.1) is 11.4 Å². The summed E-state index contributed by atoms with van der Waals surface area (Å²) in [6, 6.07) is 7.26. The molecule has 0 fully saturated rings. The van der Waals surface area contributed by atoms with Gasteiger partial charge in [0.2, 0.25) is 0 Å². The van der Waals surface area contributed by atoms with Crippen molar-refractivity contribution in [3.8, 4) is 11.4 Å². The molecule has 0 spiro atoms. The predicted octanol–water partition coefficient (Wildman–Crippen LogP) is 2.38. The summed E-state index contributed by atoms with van der Waals surface area (Å²) in [5, 5.41) is 14.0. The Morgan fingerprint density at radius 3 is 3.00 bits per heavy atom. The van der Waals surface area contributed by atoms with Crippen molar-refractivity contribution in [1.82, 2.24) is 9.78 Å². The van der Waals surface area contributed by atoms with Gasteiger partial charge in [0.1, 0.15) is 5.75 Å². The van der Waals surface area contributed by atoms with Crippen molar-refractivity contribution >= 4 is 0 Å². The first-order chi connectivity index (χ1) is 7.75. The summed E-state index contributed by atoms with van der Waals surface area (Å²) in [6.45, 7) is 2.06. The van der Waals surface area contributed by atoms with E-state index in [1.165, 1.54) is 17.7 Å². The number of aryl methyl sites for hydroxylation is 1. The van der Waals surface area contributed by atoms with Gasteiger partial charge in [0, 0.05) is 11.8 Å². The molecule has 0 aliphatic heterocycles. The summed E-state index contributed by atoms with van der Waals surface area (Å²) < 4.78 is 1.97. The minimum atomic E-state index is 0.289. The third-order valence-corrected chi connectivity index (χ3v) is 3.21. The van der Waals surface area contributed by atoms with E-state index in [0.717, 1.165) is 24.2 Å². The van der Waals surface area contributed by atoms with Crippen LogP contribution in [0.15, 0.2) is 24.3 Å². The lowest BCUT2D eigenvalue weighted by Crippen LogP contribution is -2.00. The van der Waals surface area contributed by atoms with Crippen molar-refractivity contribution in [2.24, 2.45) is 0 Å². The average Bonchev–Trinajstić information content (AvgIpc) is 2.83. The van der Waals surface area contributed by atoms with Gasteiger partial charge in [0.15, 0.2) is 0 Å².